The zero-order valence-electron chi connectivity index (χ0n) is 14.9. The summed E-state index contributed by atoms with van der Waals surface area (Å²) >= 11 is 0. The highest BCUT2D eigenvalue weighted by molar-refractivity contribution is 5.92. The van der Waals surface area contributed by atoms with Gasteiger partial charge in [0.1, 0.15) is 24.0 Å². The first-order valence-corrected chi connectivity index (χ1v) is 8.68. The SMILES string of the molecule is O=C(c1cnc(NCc2cccc(OC(F)(F)F)c2)cn1)N1CCCCOC1. The van der Waals surface area contributed by atoms with Crippen LogP contribution in [-0.4, -0.2) is 47.0 Å². The van der Waals surface area contributed by atoms with Crippen LogP contribution in [0.25, 0.3) is 0 Å². The molecule has 0 unspecified atom stereocenters. The molecule has 1 N–H and O–H groups in total. The van der Waals surface area contributed by atoms with Gasteiger partial charge in [-0.15, -0.1) is 13.2 Å². The van der Waals surface area contributed by atoms with Gasteiger partial charge in [-0.3, -0.25) is 4.79 Å². The molecule has 0 bridgehead atoms. The maximum atomic E-state index is 12.4. The fourth-order valence-corrected chi connectivity index (χ4v) is 2.64. The number of hydrogen-bond acceptors (Lipinski definition) is 6. The molecule has 2 aromatic rings. The average Bonchev–Trinajstić information content (AvgIpc) is 2.95. The van der Waals surface area contributed by atoms with Crippen LogP contribution in [0.3, 0.4) is 0 Å². The van der Waals surface area contributed by atoms with Crippen LogP contribution in [-0.2, 0) is 11.3 Å². The van der Waals surface area contributed by atoms with Crippen LogP contribution in [0.4, 0.5) is 19.0 Å². The number of aromatic nitrogens is 2. The number of hydrogen-bond donors (Lipinski definition) is 1. The van der Waals surface area contributed by atoms with Crippen LogP contribution in [0.1, 0.15) is 28.9 Å². The molecule has 1 fully saturated rings. The Bertz CT molecular complexity index is 791. The Hall–Kier alpha value is -2.88. The van der Waals surface area contributed by atoms with E-state index in [0.29, 0.717) is 24.5 Å². The third kappa shape index (κ3) is 5.81. The fraction of sp³-hybridized carbons (Fsp3) is 0.389. The number of rotatable bonds is 5. The van der Waals surface area contributed by atoms with Crippen molar-refractivity contribution in [2.75, 3.05) is 25.2 Å². The maximum absolute atomic E-state index is 12.4. The number of amides is 1. The second kappa shape index (κ2) is 8.87. The second-order valence-electron chi connectivity index (χ2n) is 6.15. The van der Waals surface area contributed by atoms with Crippen molar-refractivity contribution in [3.63, 3.8) is 0 Å². The maximum Gasteiger partial charge on any atom is 0.573 e. The summed E-state index contributed by atoms with van der Waals surface area (Å²) in [4.78, 5) is 22.3. The molecule has 0 spiro atoms. The minimum absolute atomic E-state index is 0.205. The third-order valence-corrected chi connectivity index (χ3v) is 3.98. The highest BCUT2D eigenvalue weighted by Crippen LogP contribution is 2.23. The van der Waals surface area contributed by atoms with Gasteiger partial charge in [-0.25, -0.2) is 9.97 Å². The van der Waals surface area contributed by atoms with Gasteiger partial charge in [0.25, 0.3) is 5.91 Å². The molecule has 1 aromatic heterocycles. The lowest BCUT2D eigenvalue weighted by atomic mass is 10.2. The zero-order chi connectivity index (χ0) is 20.0. The van der Waals surface area contributed by atoms with Crippen LogP contribution in [0.5, 0.6) is 5.75 Å². The number of carbonyl (C=O) groups is 1. The van der Waals surface area contributed by atoms with Crippen LogP contribution in [0.2, 0.25) is 0 Å². The molecule has 150 valence electrons. The van der Waals surface area contributed by atoms with E-state index >= 15 is 0 Å². The number of alkyl halides is 3. The van der Waals surface area contributed by atoms with Crippen LogP contribution >= 0.6 is 0 Å². The molecular formula is C18H19F3N4O3. The van der Waals surface area contributed by atoms with E-state index in [1.165, 1.54) is 30.6 Å². The van der Waals surface area contributed by atoms with Gasteiger partial charge in [-0.2, -0.15) is 0 Å². The van der Waals surface area contributed by atoms with E-state index in [2.05, 4.69) is 20.0 Å². The van der Waals surface area contributed by atoms with Crippen LogP contribution in [0, 0.1) is 0 Å². The van der Waals surface area contributed by atoms with Crippen molar-refractivity contribution < 1.29 is 27.4 Å². The summed E-state index contributed by atoms with van der Waals surface area (Å²) in [6, 6.07) is 5.63. The normalized spacial score (nSPS) is 15.0. The van der Waals surface area contributed by atoms with Crippen molar-refractivity contribution in [3.05, 3.63) is 47.9 Å². The first-order chi connectivity index (χ1) is 13.4. The Morgan fingerprint density at radius 1 is 1.25 bits per heavy atom. The van der Waals surface area contributed by atoms with Crippen LogP contribution in [0.15, 0.2) is 36.7 Å². The molecule has 1 aliphatic rings. The Labute approximate surface area is 159 Å². The Kier molecular flexibility index (Phi) is 6.30. The monoisotopic (exact) mass is 396 g/mol. The number of benzene rings is 1. The minimum Gasteiger partial charge on any atom is -0.406 e. The number of ether oxygens (including phenoxy) is 2. The minimum atomic E-state index is -4.74. The highest BCUT2D eigenvalue weighted by atomic mass is 19.4. The van der Waals surface area contributed by atoms with E-state index in [9.17, 15) is 18.0 Å². The fourth-order valence-electron chi connectivity index (χ4n) is 2.64. The summed E-state index contributed by atoms with van der Waals surface area (Å²) in [6.45, 7) is 1.69. The lowest BCUT2D eigenvalue weighted by Gasteiger charge is -2.18. The average molecular weight is 396 g/mol. The number of anilines is 1. The number of nitrogens with one attached hydrogen (secondary N) is 1. The lowest BCUT2D eigenvalue weighted by molar-refractivity contribution is -0.274. The largest absolute Gasteiger partial charge is 0.573 e. The Balaban J connectivity index is 1.57. The molecule has 1 saturated heterocycles. The molecular weight excluding hydrogens is 377 g/mol. The van der Waals surface area contributed by atoms with Crippen molar-refractivity contribution in [2.45, 2.75) is 25.7 Å². The zero-order valence-corrected chi connectivity index (χ0v) is 14.9. The van der Waals surface area contributed by atoms with Crippen LogP contribution < -0.4 is 10.1 Å². The number of carbonyl (C=O) groups excluding carboxylic acids is 1. The first-order valence-electron chi connectivity index (χ1n) is 8.68. The summed E-state index contributed by atoms with van der Waals surface area (Å²) in [5.74, 6) is -0.151. The van der Waals surface area contributed by atoms with Gasteiger partial charge in [0, 0.05) is 19.7 Å². The van der Waals surface area contributed by atoms with Gasteiger partial charge in [0.15, 0.2) is 0 Å². The Morgan fingerprint density at radius 3 is 2.86 bits per heavy atom. The van der Waals surface area contributed by atoms with E-state index in [-0.39, 0.29) is 30.6 Å². The lowest BCUT2D eigenvalue weighted by Crippen LogP contribution is -2.33. The smallest absolute Gasteiger partial charge is 0.406 e. The van der Waals surface area contributed by atoms with Crippen molar-refractivity contribution in [3.8, 4) is 5.75 Å². The summed E-state index contributed by atoms with van der Waals surface area (Å²) in [5.41, 5.74) is 0.780. The second-order valence-corrected chi connectivity index (χ2v) is 6.15. The molecule has 0 saturated carbocycles. The van der Waals surface area contributed by atoms with Gasteiger partial charge in [0.2, 0.25) is 0 Å². The number of nitrogens with zero attached hydrogens (tertiary/aromatic N) is 3. The van der Waals surface area contributed by atoms with Gasteiger partial charge in [0.05, 0.1) is 12.4 Å². The molecule has 1 aromatic carbocycles. The summed E-state index contributed by atoms with van der Waals surface area (Å²) in [7, 11) is 0. The number of halogens is 3. The standard InChI is InChI=1S/C18H19F3N4O3/c19-18(20,21)28-14-5-3-4-13(8-14)9-23-16-11-22-15(10-24-16)17(26)25-6-1-2-7-27-12-25/h3-5,8,10-11H,1-2,6-7,9,12H2,(H,23,24). The molecule has 0 atom stereocenters. The molecule has 28 heavy (non-hydrogen) atoms. The van der Waals surface area contributed by atoms with E-state index in [0.717, 1.165) is 12.8 Å². The molecule has 1 amide bonds. The van der Waals surface area contributed by atoms with Gasteiger partial charge in [-0.05, 0) is 30.5 Å². The van der Waals surface area contributed by atoms with E-state index in [4.69, 9.17) is 4.74 Å². The molecule has 1 aliphatic heterocycles. The third-order valence-electron chi connectivity index (χ3n) is 3.98. The summed E-state index contributed by atoms with van der Waals surface area (Å²) in [5, 5.41) is 2.95. The van der Waals surface area contributed by atoms with Crippen molar-refractivity contribution in [1.82, 2.24) is 14.9 Å². The molecule has 10 heteroatoms. The van der Waals surface area contributed by atoms with Crippen molar-refractivity contribution >= 4 is 11.7 Å². The van der Waals surface area contributed by atoms with Gasteiger partial charge >= 0.3 is 6.36 Å². The van der Waals surface area contributed by atoms with Gasteiger partial charge < -0.3 is 19.7 Å². The summed E-state index contributed by atoms with van der Waals surface area (Å²) < 4.78 is 46.1. The Morgan fingerprint density at radius 2 is 2.11 bits per heavy atom. The van der Waals surface area contributed by atoms with Crippen molar-refractivity contribution in [2.24, 2.45) is 0 Å². The van der Waals surface area contributed by atoms with E-state index in [1.54, 1.807) is 11.0 Å². The molecule has 0 radical (unpaired) electrons. The predicted molar refractivity (Wildman–Crippen MR) is 93.6 cm³/mol. The first kappa shape index (κ1) is 19.9. The molecule has 3 rings (SSSR count). The van der Waals surface area contributed by atoms with E-state index in [1.807, 2.05) is 0 Å². The highest BCUT2D eigenvalue weighted by Gasteiger charge is 2.31. The van der Waals surface area contributed by atoms with Crippen molar-refractivity contribution in [1.29, 1.82) is 0 Å². The summed E-state index contributed by atoms with van der Waals surface area (Å²) in [6.07, 6.45) is -0.192. The molecule has 7 nitrogen and oxygen atoms in total. The van der Waals surface area contributed by atoms with E-state index < -0.39 is 6.36 Å². The topological polar surface area (TPSA) is 76.6 Å². The molecule has 0 aliphatic carbocycles. The van der Waals surface area contributed by atoms with Gasteiger partial charge in [-0.1, -0.05) is 12.1 Å². The predicted octanol–water partition coefficient (Wildman–Crippen LogP) is 3.20. The quantitative estimate of drug-likeness (QED) is 0.837. The molecule has 2 heterocycles.